The van der Waals surface area contributed by atoms with Crippen LogP contribution in [0, 0.1) is 0 Å². The van der Waals surface area contributed by atoms with E-state index in [2.05, 4.69) is 4.42 Å². The largest absolute Gasteiger partial charge is 0.475 e. The third-order valence-electron chi connectivity index (χ3n) is 0.732. The maximum atomic E-state index is 9.97. The summed E-state index contributed by atoms with van der Waals surface area (Å²) in [5.41, 5.74) is 0. The van der Waals surface area contributed by atoms with E-state index in [1.807, 2.05) is 0 Å². The van der Waals surface area contributed by atoms with Crippen molar-refractivity contribution in [2.75, 3.05) is 0 Å². The Bertz CT molecular complexity index is 180. The summed E-state index contributed by atoms with van der Waals surface area (Å²) in [6.45, 7) is 0. The first kappa shape index (κ1) is 7.68. The quantitative estimate of drug-likeness (QED) is 0.623. The molecule has 1 aromatic rings. The van der Waals surface area contributed by atoms with Crippen LogP contribution in [0.2, 0.25) is 0 Å². The number of carboxylic acid groups (broad SMARTS) is 1. The second-order valence-electron chi connectivity index (χ2n) is 1.28. The number of rotatable bonds is 1. The monoisotopic (exact) mass is 132 g/mol. The first-order valence-corrected chi connectivity index (χ1v) is 2.07. The van der Waals surface area contributed by atoms with Gasteiger partial charge in [0.1, 0.15) is 0 Å². The average molecular weight is 132 g/mol. The molecule has 0 saturated heterocycles. The lowest BCUT2D eigenvalue weighted by Crippen LogP contribution is -1.90. The van der Waals surface area contributed by atoms with E-state index >= 15 is 0 Å². The Morgan fingerprint density at radius 2 is 2.33 bits per heavy atom. The highest BCUT2D eigenvalue weighted by Gasteiger charge is 2.01. The fraction of sp³-hybridized carbons (Fsp3) is 0. The molecule has 1 N–H and O–H groups in total. The minimum Gasteiger partial charge on any atom is -0.475 e. The van der Waals surface area contributed by atoms with Gasteiger partial charge in [0.15, 0.2) is 0 Å². The molecule has 0 atom stereocenters. The van der Waals surface area contributed by atoms with Crippen molar-refractivity contribution >= 4 is 5.97 Å². The maximum Gasteiger partial charge on any atom is 0.371 e. The standard InChI is InChI=1S/C5H4O3.FH/c6-5(7)4-2-1-3-8-4;/h1-3H,(H,6,7);1H. The van der Waals surface area contributed by atoms with E-state index in [4.69, 9.17) is 5.11 Å². The summed E-state index contributed by atoms with van der Waals surface area (Å²) in [4.78, 5) is 9.97. The number of carboxylic acids is 1. The van der Waals surface area contributed by atoms with Crippen molar-refractivity contribution < 1.29 is 19.0 Å². The summed E-state index contributed by atoms with van der Waals surface area (Å²) in [5, 5.41) is 8.18. The van der Waals surface area contributed by atoms with E-state index < -0.39 is 5.97 Å². The zero-order valence-corrected chi connectivity index (χ0v) is 4.40. The van der Waals surface area contributed by atoms with Crippen molar-refractivity contribution in [3.8, 4) is 0 Å². The minimum atomic E-state index is -1.03. The molecule has 0 aromatic carbocycles. The van der Waals surface area contributed by atoms with Crippen molar-refractivity contribution in [1.82, 2.24) is 0 Å². The summed E-state index contributed by atoms with van der Waals surface area (Å²) in [7, 11) is 0. The van der Waals surface area contributed by atoms with Crippen molar-refractivity contribution in [2.24, 2.45) is 0 Å². The predicted octanol–water partition coefficient (Wildman–Crippen LogP) is 1.13. The van der Waals surface area contributed by atoms with E-state index in [1.165, 1.54) is 18.4 Å². The summed E-state index contributed by atoms with van der Waals surface area (Å²) in [6, 6.07) is 2.92. The molecule has 4 heteroatoms. The number of carbonyl (C=O) groups is 1. The number of halogens is 1. The summed E-state index contributed by atoms with van der Waals surface area (Å²) < 4.78 is 4.50. The van der Waals surface area contributed by atoms with Gasteiger partial charge in [0.2, 0.25) is 5.76 Å². The summed E-state index contributed by atoms with van der Waals surface area (Å²) in [6.07, 6.45) is 1.32. The second kappa shape index (κ2) is 2.86. The topological polar surface area (TPSA) is 50.4 Å². The molecule has 1 heterocycles. The van der Waals surface area contributed by atoms with Crippen LogP contribution in [0.15, 0.2) is 22.8 Å². The molecule has 3 nitrogen and oxygen atoms in total. The Kier molecular flexibility index (Phi) is 2.44. The SMILES string of the molecule is F.O=C(O)c1ccco1. The number of aromatic carboxylic acids is 1. The lowest BCUT2D eigenvalue weighted by Gasteiger charge is -1.79. The highest BCUT2D eigenvalue weighted by Crippen LogP contribution is 1.97. The molecule has 50 valence electrons. The van der Waals surface area contributed by atoms with Gasteiger partial charge in [-0.05, 0) is 12.1 Å². The van der Waals surface area contributed by atoms with Crippen LogP contribution in [0.25, 0.3) is 0 Å². The van der Waals surface area contributed by atoms with Gasteiger partial charge in [0.05, 0.1) is 6.26 Å². The summed E-state index contributed by atoms with van der Waals surface area (Å²) in [5.74, 6) is -1.06. The third-order valence-corrected chi connectivity index (χ3v) is 0.732. The fourth-order valence-electron chi connectivity index (χ4n) is 0.400. The number of hydrogen-bond donors (Lipinski definition) is 1. The molecule has 0 unspecified atom stereocenters. The second-order valence-corrected chi connectivity index (χ2v) is 1.28. The molecule has 1 rings (SSSR count). The van der Waals surface area contributed by atoms with Crippen LogP contribution in [0.3, 0.4) is 0 Å². The molecular formula is C5H5FO3. The highest BCUT2D eigenvalue weighted by atomic mass is 19.0. The predicted molar refractivity (Wildman–Crippen MR) is 28.2 cm³/mol. The van der Waals surface area contributed by atoms with Gasteiger partial charge in [0.25, 0.3) is 0 Å². The van der Waals surface area contributed by atoms with Crippen LogP contribution < -0.4 is 0 Å². The average Bonchev–Trinajstić information content (AvgIpc) is 2.12. The highest BCUT2D eigenvalue weighted by molar-refractivity contribution is 5.84. The summed E-state index contributed by atoms with van der Waals surface area (Å²) >= 11 is 0. The lowest BCUT2D eigenvalue weighted by molar-refractivity contribution is 0.0662. The minimum absolute atomic E-state index is 0. The van der Waals surface area contributed by atoms with E-state index in [0.29, 0.717) is 0 Å². The molecule has 0 saturated carbocycles. The molecule has 9 heavy (non-hydrogen) atoms. The Morgan fingerprint density at radius 3 is 2.56 bits per heavy atom. The Hall–Kier alpha value is -1.32. The molecule has 0 bridgehead atoms. The van der Waals surface area contributed by atoms with E-state index in [9.17, 15) is 4.79 Å². The van der Waals surface area contributed by atoms with Gasteiger partial charge in [-0.3, -0.25) is 4.70 Å². The van der Waals surface area contributed by atoms with Crippen molar-refractivity contribution in [3.63, 3.8) is 0 Å². The molecule has 0 amide bonds. The normalized spacial score (nSPS) is 8.00. The smallest absolute Gasteiger partial charge is 0.371 e. The van der Waals surface area contributed by atoms with Gasteiger partial charge in [-0.2, -0.15) is 0 Å². The first-order chi connectivity index (χ1) is 3.80. The maximum absolute atomic E-state index is 9.97. The van der Waals surface area contributed by atoms with Gasteiger partial charge in [-0.25, -0.2) is 4.79 Å². The molecule has 0 aliphatic rings. The van der Waals surface area contributed by atoms with Crippen LogP contribution in [-0.2, 0) is 0 Å². The van der Waals surface area contributed by atoms with Crippen LogP contribution in [-0.4, -0.2) is 11.1 Å². The molecule has 0 spiro atoms. The molecule has 0 radical (unpaired) electrons. The van der Waals surface area contributed by atoms with Crippen LogP contribution in [0.5, 0.6) is 0 Å². The van der Waals surface area contributed by atoms with Crippen LogP contribution in [0.1, 0.15) is 10.6 Å². The van der Waals surface area contributed by atoms with E-state index in [-0.39, 0.29) is 10.5 Å². The Balaban J connectivity index is 0.000000640. The first-order valence-electron chi connectivity index (χ1n) is 2.07. The van der Waals surface area contributed by atoms with Gasteiger partial charge in [-0.15, -0.1) is 0 Å². The number of hydrogen-bond acceptors (Lipinski definition) is 2. The van der Waals surface area contributed by atoms with Crippen LogP contribution >= 0.6 is 0 Å². The molecule has 0 fully saturated rings. The molecule has 0 aliphatic carbocycles. The lowest BCUT2D eigenvalue weighted by atomic mass is 10.5. The van der Waals surface area contributed by atoms with Crippen molar-refractivity contribution in [3.05, 3.63) is 24.2 Å². The van der Waals surface area contributed by atoms with Crippen molar-refractivity contribution in [1.29, 1.82) is 0 Å². The molecular weight excluding hydrogens is 127 g/mol. The zero-order chi connectivity index (χ0) is 5.98. The van der Waals surface area contributed by atoms with Crippen LogP contribution in [0.4, 0.5) is 4.70 Å². The number of furan rings is 1. The van der Waals surface area contributed by atoms with Crippen molar-refractivity contribution in [2.45, 2.75) is 0 Å². The Morgan fingerprint density at radius 1 is 1.67 bits per heavy atom. The van der Waals surface area contributed by atoms with Gasteiger partial charge in [-0.1, -0.05) is 0 Å². The van der Waals surface area contributed by atoms with Gasteiger partial charge >= 0.3 is 5.97 Å². The molecule has 1 aromatic heterocycles. The van der Waals surface area contributed by atoms with E-state index in [1.54, 1.807) is 0 Å². The Labute approximate surface area is 50.3 Å². The van der Waals surface area contributed by atoms with Gasteiger partial charge in [0, 0.05) is 0 Å². The molecule has 0 aliphatic heterocycles. The third kappa shape index (κ3) is 1.56. The fourth-order valence-corrected chi connectivity index (χ4v) is 0.400. The zero-order valence-electron chi connectivity index (χ0n) is 4.40. The van der Waals surface area contributed by atoms with Gasteiger partial charge < -0.3 is 9.52 Å². The van der Waals surface area contributed by atoms with E-state index in [0.717, 1.165) is 0 Å².